The van der Waals surface area contributed by atoms with Crippen molar-refractivity contribution < 1.29 is 31.9 Å². The van der Waals surface area contributed by atoms with E-state index < -0.39 is 51.9 Å². The van der Waals surface area contributed by atoms with Gasteiger partial charge in [0.15, 0.2) is 23.3 Å². The van der Waals surface area contributed by atoms with Gasteiger partial charge in [-0.05, 0) is 65.1 Å². The third kappa shape index (κ3) is 8.86. The van der Waals surface area contributed by atoms with E-state index in [1.807, 2.05) is 29.6 Å². The van der Waals surface area contributed by atoms with Crippen LogP contribution in [0.1, 0.15) is 52.1 Å². The van der Waals surface area contributed by atoms with E-state index in [0.717, 1.165) is 17.3 Å². The Kier molecular flexibility index (Phi) is 11.5. The Morgan fingerprint density at radius 2 is 1.26 bits per heavy atom. The highest BCUT2D eigenvalue weighted by Gasteiger charge is 2.27. The minimum absolute atomic E-state index is 0.00339. The van der Waals surface area contributed by atoms with Crippen LogP contribution < -0.4 is 16.0 Å². The lowest BCUT2D eigenvalue weighted by Gasteiger charge is -2.18. The molecule has 0 heterocycles. The smallest absolute Gasteiger partial charge is 0.272 e. The molecule has 50 heavy (non-hydrogen) atoms. The van der Waals surface area contributed by atoms with Crippen molar-refractivity contribution in [3.8, 4) is 0 Å². The molecule has 6 nitrogen and oxygen atoms in total. The number of halogens is 4. The first-order valence-corrected chi connectivity index (χ1v) is 16.3. The minimum Gasteiger partial charge on any atom is -0.321 e. The number of hydrogen-bond donors (Lipinski definition) is 3. The van der Waals surface area contributed by atoms with Crippen molar-refractivity contribution in [3.63, 3.8) is 0 Å². The molecule has 0 bridgehead atoms. The van der Waals surface area contributed by atoms with Gasteiger partial charge in [-0.3, -0.25) is 14.4 Å². The molecule has 5 rings (SSSR count). The average molecular weight is 698 g/mol. The summed E-state index contributed by atoms with van der Waals surface area (Å²) in [6.07, 6.45) is 1.57. The first kappa shape index (κ1) is 35.6. The van der Waals surface area contributed by atoms with Crippen molar-refractivity contribution in [2.45, 2.75) is 29.9 Å². The van der Waals surface area contributed by atoms with Crippen molar-refractivity contribution in [1.82, 2.24) is 5.32 Å². The molecule has 0 spiro atoms. The molecule has 5 aromatic carbocycles. The lowest BCUT2D eigenvalue weighted by Crippen LogP contribution is -2.30. The fraction of sp³-hybridized carbons (Fsp3) is 0.103. The zero-order chi connectivity index (χ0) is 35.8. The number of thioether (sulfide) groups is 1. The molecule has 254 valence electrons. The minimum atomic E-state index is -1.73. The molecule has 11 heteroatoms. The van der Waals surface area contributed by atoms with Gasteiger partial charge in [0.2, 0.25) is 5.91 Å². The summed E-state index contributed by atoms with van der Waals surface area (Å²) in [4.78, 5) is 40.4. The number of anilines is 2. The quantitative estimate of drug-likeness (QED) is 0.0556. The summed E-state index contributed by atoms with van der Waals surface area (Å²) < 4.78 is 56.4. The molecule has 0 aliphatic rings. The SMILES string of the molecule is CC(C)c1ccc(/C=C(\NC(=O)c2ccccc2)C(=O)Nc2ccc(SC(C(=O)Nc3c(F)c(F)cc(F)c3F)c3ccccc3)cc2)cc1. The molecule has 0 saturated heterocycles. The van der Waals surface area contributed by atoms with Crippen LogP contribution in [0.25, 0.3) is 6.08 Å². The molecule has 0 radical (unpaired) electrons. The molecule has 0 saturated carbocycles. The first-order chi connectivity index (χ1) is 24.0. The summed E-state index contributed by atoms with van der Waals surface area (Å²) in [5, 5.41) is 6.38. The van der Waals surface area contributed by atoms with E-state index in [0.29, 0.717) is 33.2 Å². The molecule has 1 unspecified atom stereocenters. The summed E-state index contributed by atoms with van der Waals surface area (Å²) in [6.45, 7) is 4.14. The second-order valence-electron chi connectivity index (χ2n) is 11.4. The standard InChI is InChI=1S/C39H31F4N3O3S/c1-23(2)25-15-13-24(14-16-25)21-32(45-37(47)27-11-7-4-8-12-27)38(48)44-28-17-19-29(20-18-28)50-36(26-9-5-3-6-10-26)39(49)46-35-33(42)30(40)22-31(41)34(35)43/h3-23,36H,1-2H3,(H,44,48)(H,45,47)(H,46,49)/b32-21-. The Labute approximate surface area is 290 Å². The number of amides is 3. The summed E-state index contributed by atoms with van der Waals surface area (Å²) >= 11 is 1.01. The van der Waals surface area contributed by atoms with Crippen LogP contribution in [0.2, 0.25) is 0 Å². The molecule has 1 atom stereocenters. The number of benzene rings is 5. The Hall–Kier alpha value is -5.68. The van der Waals surface area contributed by atoms with Crippen LogP contribution in [0.3, 0.4) is 0 Å². The number of rotatable bonds is 11. The second kappa shape index (κ2) is 16.1. The maximum atomic E-state index is 14.4. The zero-order valence-corrected chi connectivity index (χ0v) is 27.7. The van der Waals surface area contributed by atoms with Gasteiger partial charge in [0.25, 0.3) is 11.8 Å². The Morgan fingerprint density at radius 1 is 0.680 bits per heavy atom. The molecule has 3 amide bonds. The monoisotopic (exact) mass is 697 g/mol. The van der Waals surface area contributed by atoms with Crippen LogP contribution in [0.15, 0.2) is 126 Å². The maximum Gasteiger partial charge on any atom is 0.272 e. The number of carbonyl (C=O) groups excluding carboxylic acids is 3. The van der Waals surface area contributed by atoms with E-state index in [1.54, 1.807) is 91.0 Å². The molecular weight excluding hydrogens is 667 g/mol. The number of nitrogens with one attached hydrogen (secondary N) is 3. The molecule has 0 aliphatic carbocycles. The lowest BCUT2D eigenvalue weighted by atomic mass is 10.0. The van der Waals surface area contributed by atoms with Gasteiger partial charge in [-0.2, -0.15) is 0 Å². The van der Waals surface area contributed by atoms with Gasteiger partial charge in [-0.15, -0.1) is 11.8 Å². The average Bonchev–Trinajstić information content (AvgIpc) is 3.12. The highest BCUT2D eigenvalue weighted by molar-refractivity contribution is 8.00. The van der Waals surface area contributed by atoms with Crippen LogP contribution in [0, 0.1) is 23.3 Å². The summed E-state index contributed by atoms with van der Waals surface area (Å²) in [6, 6.07) is 30.8. The highest BCUT2D eigenvalue weighted by atomic mass is 32.2. The Bertz CT molecular complexity index is 2000. The summed E-state index contributed by atoms with van der Waals surface area (Å²) in [5.41, 5.74) is 1.78. The van der Waals surface area contributed by atoms with Crippen LogP contribution in [-0.2, 0) is 9.59 Å². The third-order valence-electron chi connectivity index (χ3n) is 7.51. The molecule has 5 aromatic rings. The number of hydrogen-bond acceptors (Lipinski definition) is 4. The molecule has 0 aromatic heterocycles. The van der Waals surface area contributed by atoms with Gasteiger partial charge in [-0.1, -0.05) is 86.6 Å². The van der Waals surface area contributed by atoms with Gasteiger partial charge in [0.1, 0.15) is 16.6 Å². The second-order valence-corrected chi connectivity index (χ2v) is 12.6. The third-order valence-corrected chi connectivity index (χ3v) is 8.78. The van der Waals surface area contributed by atoms with Crippen LogP contribution in [-0.4, -0.2) is 17.7 Å². The normalized spacial score (nSPS) is 11.9. The van der Waals surface area contributed by atoms with Crippen molar-refractivity contribution in [3.05, 3.63) is 166 Å². The predicted octanol–water partition coefficient (Wildman–Crippen LogP) is 9.25. The Balaban J connectivity index is 1.35. The molecular formula is C39H31F4N3O3S. The van der Waals surface area contributed by atoms with Crippen LogP contribution >= 0.6 is 11.8 Å². The van der Waals surface area contributed by atoms with Crippen molar-refractivity contribution >= 4 is 46.9 Å². The van der Waals surface area contributed by atoms with Crippen molar-refractivity contribution in [2.75, 3.05) is 10.6 Å². The van der Waals surface area contributed by atoms with Gasteiger partial charge >= 0.3 is 0 Å². The molecule has 0 fully saturated rings. The van der Waals surface area contributed by atoms with Gasteiger partial charge in [-0.25, -0.2) is 17.6 Å². The molecule has 3 N–H and O–H groups in total. The largest absolute Gasteiger partial charge is 0.321 e. The maximum absolute atomic E-state index is 14.4. The van der Waals surface area contributed by atoms with Crippen molar-refractivity contribution in [1.29, 1.82) is 0 Å². The zero-order valence-electron chi connectivity index (χ0n) is 26.8. The number of carbonyl (C=O) groups is 3. The van der Waals surface area contributed by atoms with Crippen LogP contribution in [0.4, 0.5) is 28.9 Å². The topological polar surface area (TPSA) is 87.3 Å². The van der Waals surface area contributed by atoms with Gasteiger partial charge < -0.3 is 16.0 Å². The lowest BCUT2D eigenvalue weighted by molar-refractivity contribution is -0.116. The summed E-state index contributed by atoms with van der Waals surface area (Å²) in [5.74, 6) is -8.42. The van der Waals surface area contributed by atoms with Crippen LogP contribution in [0.5, 0.6) is 0 Å². The van der Waals surface area contributed by atoms with E-state index >= 15 is 0 Å². The fourth-order valence-corrected chi connectivity index (χ4v) is 5.83. The van der Waals surface area contributed by atoms with E-state index in [2.05, 4.69) is 24.5 Å². The van der Waals surface area contributed by atoms with Gasteiger partial charge in [0, 0.05) is 22.2 Å². The van der Waals surface area contributed by atoms with Gasteiger partial charge in [0.05, 0.1) is 0 Å². The predicted molar refractivity (Wildman–Crippen MR) is 187 cm³/mol. The van der Waals surface area contributed by atoms with E-state index in [9.17, 15) is 31.9 Å². The van der Waals surface area contributed by atoms with Crippen molar-refractivity contribution in [2.24, 2.45) is 0 Å². The Morgan fingerprint density at radius 3 is 1.84 bits per heavy atom. The van der Waals surface area contributed by atoms with E-state index in [-0.39, 0.29) is 11.8 Å². The first-order valence-electron chi connectivity index (χ1n) is 15.4. The molecule has 0 aliphatic heterocycles. The highest BCUT2D eigenvalue weighted by Crippen LogP contribution is 2.37. The van der Waals surface area contributed by atoms with E-state index in [4.69, 9.17) is 0 Å². The summed E-state index contributed by atoms with van der Waals surface area (Å²) in [7, 11) is 0. The fourth-order valence-electron chi connectivity index (χ4n) is 4.81. The van der Waals surface area contributed by atoms with E-state index in [1.165, 1.54) is 0 Å².